The molecule has 6 heteroatoms. The lowest BCUT2D eigenvalue weighted by Gasteiger charge is -2.33. The van der Waals surface area contributed by atoms with Crippen LogP contribution in [0.2, 0.25) is 0 Å². The number of hydrogen-bond donors (Lipinski definition) is 2. The average molecular weight is 319 g/mol. The lowest BCUT2D eigenvalue weighted by molar-refractivity contribution is -0.150. The van der Waals surface area contributed by atoms with Crippen LogP contribution in [-0.2, 0) is 14.3 Å². The minimum absolute atomic E-state index is 0.112. The summed E-state index contributed by atoms with van der Waals surface area (Å²) in [6.07, 6.45) is 0. The highest BCUT2D eigenvalue weighted by atomic mass is 16.5. The zero-order valence-electron chi connectivity index (χ0n) is 14.0. The zero-order valence-corrected chi connectivity index (χ0v) is 14.0. The summed E-state index contributed by atoms with van der Waals surface area (Å²) in [7, 11) is 0. The van der Waals surface area contributed by atoms with Crippen molar-refractivity contribution >= 4 is 17.6 Å². The molecule has 1 aliphatic heterocycles. The second-order valence-corrected chi connectivity index (χ2v) is 5.76. The molecule has 0 aliphatic carbocycles. The smallest absolute Gasteiger partial charge is 0.324 e. The van der Waals surface area contributed by atoms with E-state index in [0.29, 0.717) is 19.7 Å². The number of hydrogen-bond acceptors (Lipinski definition) is 5. The fourth-order valence-electron chi connectivity index (χ4n) is 2.78. The Bertz CT molecular complexity index is 554. The van der Waals surface area contributed by atoms with Crippen LogP contribution in [0.25, 0.3) is 0 Å². The van der Waals surface area contributed by atoms with Gasteiger partial charge in [-0.05, 0) is 31.9 Å². The monoisotopic (exact) mass is 319 g/mol. The van der Waals surface area contributed by atoms with Gasteiger partial charge in [0, 0.05) is 25.3 Å². The quantitative estimate of drug-likeness (QED) is 0.795. The van der Waals surface area contributed by atoms with E-state index in [1.165, 1.54) is 0 Å². The molecular formula is C17H25N3O3. The standard InChI is InChI=1S/C17H25N3O3/c1-4-23-17(22)14-10-18-8-9-20(14)11-15(21)19-16-12(2)6-5-7-13(16)3/h5-7,14,18H,4,8-11H2,1-3H3,(H,19,21). The minimum atomic E-state index is -0.410. The first kappa shape index (κ1) is 17.4. The second-order valence-electron chi connectivity index (χ2n) is 5.76. The number of carbonyl (C=O) groups excluding carboxylic acids is 2. The molecule has 6 nitrogen and oxygen atoms in total. The molecule has 1 heterocycles. The van der Waals surface area contributed by atoms with Crippen molar-refractivity contribution in [2.45, 2.75) is 26.8 Å². The first-order valence-corrected chi connectivity index (χ1v) is 8.00. The first-order chi connectivity index (χ1) is 11.0. The van der Waals surface area contributed by atoms with Crippen LogP contribution in [-0.4, -0.2) is 55.6 Å². The fraction of sp³-hybridized carbons (Fsp3) is 0.529. The van der Waals surface area contributed by atoms with Gasteiger partial charge < -0.3 is 15.4 Å². The molecule has 1 fully saturated rings. The van der Waals surface area contributed by atoms with Crippen LogP contribution in [0.3, 0.4) is 0 Å². The molecule has 0 radical (unpaired) electrons. The molecule has 1 aromatic rings. The highest BCUT2D eigenvalue weighted by molar-refractivity contribution is 5.94. The summed E-state index contributed by atoms with van der Waals surface area (Å²) in [6.45, 7) is 8.15. The minimum Gasteiger partial charge on any atom is -0.465 e. The maximum absolute atomic E-state index is 12.4. The van der Waals surface area contributed by atoms with Gasteiger partial charge >= 0.3 is 5.97 Å². The van der Waals surface area contributed by atoms with Gasteiger partial charge in [-0.2, -0.15) is 0 Å². The molecule has 2 N–H and O–H groups in total. The van der Waals surface area contributed by atoms with Gasteiger partial charge in [-0.15, -0.1) is 0 Å². The number of benzene rings is 1. The first-order valence-electron chi connectivity index (χ1n) is 8.00. The van der Waals surface area contributed by atoms with Gasteiger partial charge in [0.25, 0.3) is 0 Å². The van der Waals surface area contributed by atoms with Crippen LogP contribution in [0.5, 0.6) is 0 Å². The summed E-state index contributed by atoms with van der Waals surface area (Å²) >= 11 is 0. The van der Waals surface area contributed by atoms with E-state index < -0.39 is 6.04 Å². The Labute approximate surface area is 137 Å². The van der Waals surface area contributed by atoms with Crippen molar-refractivity contribution in [3.63, 3.8) is 0 Å². The zero-order chi connectivity index (χ0) is 16.8. The van der Waals surface area contributed by atoms with E-state index in [4.69, 9.17) is 4.74 Å². The molecule has 1 unspecified atom stereocenters. The van der Waals surface area contributed by atoms with Gasteiger partial charge in [0.1, 0.15) is 6.04 Å². The molecule has 0 aromatic heterocycles. The van der Waals surface area contributed by atoms with E-state index in [9.17, 15) is 9.59 Å². The molecule has 1 saturated heterocycles. The van der Waals surface area contributed by atoms with Crippen molar-refractivity contribution in [1.82, 2.24) is 10.2 Å². The number of amides is 1. The molecular weight excluding hydrogens is 294 g/mol. The largest absolute Gasteiger partial charge is 0.465 e. The van der Waals surface area contributed by atoms with Crippen molar-refractivity contribution in [3.05, 3.63) is 29.3 Å². The van der Waals surface area contributed by atoms with Crippen molar-refractivity contribution in [3.8, 4) is 0 Å². The van der Waals surface area contributed by atoms with Gasteiger partial charge in [-0.1, -0.05) is 18.2 Å². The van der Waals surface area contributed by atoms with Gasteiger partial charge in [-0.3, -0.25) is 14.5 Å². The Morgan fingerprint density at radius 2 is 2.04 bits per heavy atom. The Hall–Kier alpha value is -1.92. The topological polar surface area (TPSA) is 70.7 Å². The van der Waals surface area contributed by atoms with Crippen molar-refractivity contribution in [1.29, 1.82) is 0 Å². The van der Waals surface area contributed by atoms with Crippen molar-refractivity contribution in [2.75, 3.05) is 38.1 Å². The number of anilines is 1. The Morgan fingerprint density at radius 3 is 2.70 bits per heavy atom. The highest BCUT2D eigenvalue weighted by Crippen LogP contribution is 2.19. The number of ether oxygens (including phenoxy) is 1. The van der Waals surface area contributed by atoms with Crippen molar-refractivity contribution in [2.24, 2.45) is 0 Å². The van der Waals surface area contributed by atoms with E-state index in [2.05, 4.69) is 10.6 Å². The summed E-state index contributed by atoms with van der Waals surface area (Å²) in [5.74, 6) is -0.391. The number of piperazine rings is 1. The summed E-state index contributed by atoms with van der Waals surface area (Å²) in [6, 6.07) is 5.49. The molecule has 126 valence electrons. The van der Waals surface area contributed by atoms with E-state index in [1.807, 2.05) is 36.9 Å². The predicted octanol–water partition coefficient (Wildman–Crippen LogP) is 1.08. The Morgan fingerprint density at radius 1 is 1.35 bits per heavy atom. The number of para-hydroxylation sites is 1. The number of rotatable bonds is 5. The number of aryl methyl sites for hydroxylation is 2. The molecule has 0 bridgehead atoms. The highest BCUT2D eigenvalue weighted by Gasteiger charge is 2.31. The van der Waals surface area contributed by atoms with Crippen LogP contribution >= 0.6 is 0 Å². The summed E-state index contributed by atoms with van der Waals surface area (Å²) in [4.78, 5) is 26.3. The molecule has 23 heavy (non-hydrogen) atoms. The number of nitrogens with one attached hydrogen (secondary N) is 2. The lowest BCUT2D eigenvalue weighted by Crippen LogP contribution is -2.57. The molecule has 1 amide bonds. The van der Waals surface area contributed by atoms with E-state index in [0.717, 1.165) is 23.4 Å². The molecule has 0 spiro atoms. The van der Waals surface area contributed by atoms with Gasteiger partial charge in [-0.25, -0.2) is 0 Å². The average Bonchev–Trinajstić information content (AvgIpc) is 2.52. The third-order valence-electron chi connectivity index (χ3n) is 4.01. The van der Waals surface area contributed by atoms with Crippen LogP contribution in [0.1, 0.15) is 18.1 Å². The second kappa shape index (κ2) is 8.08. The maximum Gasteiger partial charge on any atom is 0.324 e. The fourth-order valence-corrected chi connectivity index (χ4v) is 2.78. The van der Waals surface area contributed by atoms with Crippen LogP contribution in [0.15, 0.2) is 18.2 Å². The van der Waals surface area contributed by atoms with E-state index in [-0.39, 0.29) is 18.4 Å². The van der Waals surface area contributed by atoms with Gasteiger partial charge in [0.05, 0.1) is 13.2 Å². The maximum atomic E-state index is 12.4. The van der Waals surface area contributed by atoms with E-state index in [1.54, 1.807) is 6.92 Å². The summed E-state index contributed by atoms with van der Waals surface area (Å²) in [5, 5.41) is 6.14. The number of carbonyl (C=O) groups is 2. The van der Waals surface area contributed by atoms with E-state index >= 15 is 0 Å². The molecule has 0 saturated carbocycles. The SMILES string of the molecule is CCOC(=O)C1CNCCN1CC(=O)Nc1c(C)cccc1C. The van der Waals surface area contributed by atoms with Gasteiger partial charge in [0.15, 0.2) is 0 Å². The Balaban J connectivity index is 2.01. The summed E-state index contributed by atoms with van der Waals surface area (Å²) < 4.78 is 5.10. The molecule has 2 rings (SSSR count). The van der Waals surface area contributed by atoms with Crippen molar-refractivity contribution < 1.29 is 14.3 Å². The molecule has 1 aliphatic rings. The molecule has 1 atom stereocenters. The number of esters is 1. The predicted molar refractivity (Wildman–Crippen MR) is 89.4 cm³/mol. The number of nitrogens with zero attached hydrogens (tertiary/aromatic N) is 1. The normalized spacial score (nSPS) is 18.5. The molecule has 1 aromatic carbocycles. The third-order valence-corrected chi connectivity index (χ3v) is 4.01. The lowest BCUT2D eigenvalue weighted by atomic mass is 10.1. The van der Waals surface area contributed by atoms with Crippen LogP contribution in [0, 0.1) is 13.8 Å². The van der Waals surface area contributed by atoms with Gasteiger partial charge in [0.2, 0.25) is 5.91 Å². The summed E-state index contributed by atoms with van der Waals surface area (Å²) in [5.41, 5.74) is 2.90. The van der Waals surface area contributed by atoms with Crippen LogP contribution < -0.4 is 10.6 Å². The van der Waals surface area contributed by atoms with Crippen LogP contribution in [0.4, 0.5) is 5.69 Å². The third kappa shape index (κ3) is 4.53. The Kier molecular flexibility index (Phi) is 6.12.